The molecule has 146 valence electrons. The Balaban J connectivity index is 2.16. The van der Waals surface area contributed by atoms with Crippen molar-refractivity contribution in [3.8, 4) is 0 Å². The number of carbonyl (C=O) groups excluding carboxylic acids is 1. The lowest BCUT2D eigenvalue weighted by atomic mass is 10.0. The van der Waals surface area contributed by atoms with E-state index in [9.17, 15) is 26.4 Å². The Morgan fingerprint density at radius 3 is 2.11 bits per heavy atom. The lowest BCUT2D eigenvalue weighted by Gasteiger charge is -2.16. The highest BCUT2D eigenvalue weighted by atomic mass is 32.2. The van der Waals surface area contributed by atoms with Gasteiger partial charge in [-0.3, -0.25) is 4.79 Å². The summed E-state index contributed by atoms with van der Waals surface area (Å²) in [6.45, 7) is 4.70. The summed E-state index contributed by atoms with van der Waals surface area (Å²) in [5.41, 5.74) is -0.252. The normalized spacial score (nSPS) is 13.4. The smallest absolute Gasteiger partial charge is 0.346 e. The van der Waals surface area contributed by atoms with Gasteiger partial charge in [-0.2, -0.15) is 13.2 Å². The van der Waals surface area contributed by atoms with Gasteiger partial charge in [-0.15, -0.1) is 0 Å². The second-order valence-electron chi connectivity index (χ2n) is 6.44. The molecule has 0 aromatic heterocycles. The van der Waals surface area contributed by atoms with Crippen molar-refractivity contribution in [2.45, 2.75) is 43.1 Å². The minimum atomic E-state index is -4.46. The summed E-state index contributed by atoms with van der Waals surface area (Å²) >= 11 is 0. The van der Waals surface area contributed by atoms with E-state index in [4.69, 9.17) is 0 Å². The van der Waals surface area contributed by atoms with Gasteiger partial charge in [0.1, 0.15) is 0 Å². The van der Waals surface area contributed by atoms with Crippen LogP contribution in [0.2, 0.25) is 0 Å². The molecule has 1 amide bonds. The van der Waals surface area contributed by atoms with E-state index in [2.05, 4.69) is 5.32 Å². The Morgan fingerprint density at radius 1 is 1.00 bits per heavy atom. The van der Waals surface area contributed by atoms with E-state index in [-0.39, 0.29) is 10.5 Å². The molecule has 1 atom stereocenters. The third-order valence-corrected chi connectivity index (χ3v) is 6.30. The van der Waals surface area contributed by atoms with Gasteiger partial charge in [0.05, 0.1) is 21.8 Å². The molecule has 2 rings (SSSR count). The van der Waals surface area contributed by atoms with Crippen LogP contribution in [0.1, 0.15) is 48.3 Å². The topological polar surface area (TPSA) is 63.2 Å². The average molecular weight is 399 g/mol. The van der Waals surface area contributed by atoms with Gasteiger partial charge in [0.25, 0.3) is 5.91 Å². The minimum absolute atomic E-state index is 0.111. The first-order valence-corrected chi connectivity index (χ1v) is 9.79. The number of hydrogen-bond acceptors (Lipinski definition) is 3. The summed E-state index contributed by atoms with van der Waals surface area (Å²) in [5.74, 6) is -0.506. The molecule has 0 aliphatic carbocycles. The molecule has 2 aromatic carbocycles. The van der Waals surface area contributed by atoms with Crippen molar-refractivity contribution in [2.75, 3.05) is 0 Å². The Kier molecular flexibility index (Phi) is 5.99. The zero-order chi connectivity index (χ0) is 20.4. The highest BCUT2D eigenvalue weighted by Gasteiger charge is 2.30. The van der Waals surface area contributed by atoms with E-state index in [1.807, 2.05) is 0 Å². The van der Waals surface area contributed by atoms with Crippen LogP contribution in [0.5, 0.6) is 0 Å². The van der Waals surface area contributed by atoms with Crippen LogP contribution in [-0.4, -0.2) is 19.6 Å². The molecule has 2 aromatic rings. The second-order valence-corrected chi connectivity index (χ2v) is 8.94. The quantitative estimate of drug-likeness (QED) is 0.812. The summed E-state index contributed by atoms with van der Waals surface area (Å²) in [7, 11) is -3.44. The van der Waals surface area contributed by atoms with E-state index in [1.165, 1.54) is 36.4 Å². The summed E-state index contributed by atoms with van der Waals surface area (Å²) in [6.07, 6.45) is -4.46. The van der Waals surface area contributed by atoms with Crippen molar-refractivity contribution < 1.29 is 26.4 Å². The molecule has 0 aliphatic heterocycles. The van der Waals surface area contributed by atoms with Crippen LogP contribution in [0.3, 0.4) is 0 Å². The first kappa shape index (κ1) is 21.0. The Hall–Kier alpha value is -2.35. The standard InChI is InChI=1S/C19H20F3NO3S/c1-12(2)27(25,26)17-9-7-14(8-10-17)18(24)23-13(3)15-5-4-6-16(11-15)19(20,21)22/h4-13H,1-3H3,(H,23,24). The fourth-order valence-electron chi connectivity index (χ4n) is 2.42. The third kappa shape index (κ3) is 4.88. The molecule has 27 heavy (non-hydrogen) atoms. The van der Waals surface area contributed by atoms with Crippen LogP contribution in [-0.2, 0) is 16.0 Å². The molecule has 0 saturated heterocycles. The Bertz CT molecular complexity index is 920. The molecule has 0 heterocycles. The van der Waals surface area contributed by atoms with Crippen LogP contribution >= 0.6 is 0 Å². The SMILES string of the molecule is CC(NC(=O)c1ccc(S(=O)(=O)C(C)C)cc1)c1cccc(C(F)(F)F)c1. The molecule has 0 radical (unpaired) electrons. The molecule has 0 fully saturated rings. The predicted molar refractivity (Wildman–Crippen MR) is 96.1 cm³/mol. The molecule has 4 nitrogen and oxygen atoms in total. The van der Waals surface area contributed by atoms with Crippen LogP contribution in [0.15, 0.2) is 53.4 Å². The lowest BCUT2D eigenvalue weighted by molar-refractivity contribution is -0.137. The summed E-state index contributed by atoms with van der Waals surface area (Å²) in [5, 5.41) is 2.03. The van der Waals surface area contributed by atoms with Gasteiger partial charge in [0.2, 0.25) is 0 Å². The van der Waals surface area contributed by atoms with Crippen LogP contribution < -0.4 is 5.32 Å². The number of benzene rings is 2. The number of carbonyl (C=O) groups is 1. The molecule has 1 N–H and O–H groups in total. The van der Waals surface area contributed by atoms with Gasteiger partial charge in [0.15, 0.2) is 9.84 Å². The monoisotopic (exact) mass is 399 g/mol. The van der Waals surface area contributed by atoms with Gasteiger partial charge in [-0.05, 0) is 62.7 Å². The first-order valence-electron chi connectivity index (χ1n) is 8.25. The second kappa shape index (κ2) is 7.72. The van der Waals surface area contributed by atoms with E-state index in [0.717, 1.165) is 12.1 Å². The number of hydrogen-bond donors (Lipinski definition) is 1. The van der Waals surface area contributed by atoms with Gasteiger partial charge in [-0.1, -0.05) is 12.1 Å². The maximum absolute atomic E-state index is 12.8. The largest absolute Gasteiger partial charge is 0.416 e. The first-order chi connectivity index (χ1) is 12.4. The fourth-order valence-corrected chi connectivity index (χ4v) is 3.48. The highest BCUT2D eigenvalue weighted by Crippen LogP contribution is 2.30. The fraction of sp³-hybridized carbons (Fsp3) is 0.316. The van der Waals surface area contributed by atoms with Crippen molar-refractivity contribution in [2.24, 2.45) is 0 Å². The summed E-state index contributed by atoms with van der Waals surface area (Å²) in [6, 6.07) is 9.53. The number of amides is 1. The van der Waals surface area contributed by atoms with Crippen molar-refractivity contribution in [3.63, 3.8) is 0 Å². The van der Waals surface area contributed by atoms with E-state index in [0.29, 0.717) is 5.56 Å². The van der Waals surface area contributed by atoms with Crippen molar-refractivity contribution in [1.82, 2.24) is 5.32 Å². The third-order valence-electron chi connectivity index (χ3n) is 4.13. The van der Waals surface area contributed by atoms with Gasteiger partial charge in [-0.25, -0.2) is 8.42 Å². The number of nitrogens with one attached hydrogen (secondary N) is 1. The molecular weight excluding hydrogens is 379 g/mol. The van der Waals surface area contributed by atoms with Crippen molar-refractivity contribution in [3.05, 3.63) is 65.2 Å². The number of halogens is 3. The van der Waals surface area contributed by atoms with E-state index >= 15 is 0 Å². The zero-order valence-electron chi connectivity index (χ0n) is 15.0. The van der Waals surface area contributed by atoms with Gasteiger partial charge >= 0.3 is 6.18 Å². The summed E-state index contributed by atoms with van der Waals surface area (Å²) < 4.78 is 62.6. The van der Waals surface area contributed by atoms with E-state index in [1.54, 1.807) is 20.8 Å². The van der Waals surface area contributed by atoms with Crippen molar-refractivity contribution in [1.29, 1.82) is 0 Å². The summed E-state index contributed by atoms with van der Waals surface area (Å²) in [4.78, 5) is 12.4. The Labute approximate surface area is 156 Å². The number of sulfone groups is 1. The maximum Gasteiger partial charge on any atom is 0.416 e. The van der Waals surface area contributed by atoms with Crippen LogP contribution in [0.4, 0.5) is 13.2 Å². The zero-order valence-corrected chi connectivity index (χ0v) is 15.9. The van der Waals surface area contributed by atoms with Gasteiger partial charge in [0, 0.05) is 5.56 Å². The number of alkyl halides is 3. The predicted octanol–water partition coefficient (Wildman–Crippen LogP) is 4.38. The average Bonchev–Trinajstić information content (AvgIpc) is 2.61. The maximum atomic E-state index is 12.8. The molecule has 0 spiro atoms. The molecular formula is C19H20F3NO3S. The van der Waals surface area contributed by atoms with Crippen molar-refractivity contribution >= 4 is 15.7 Å². The molecule has 1 unspecified atom stereocenters. The van der Waals surface area contributed by atoms with Crippen LogP contribution in [0, 0.1) is 0 Å². The lowest BCUT2D eigenvalue weighted by Crippen LogP contribution is -2.27. The highest BCUT2D eigenvalue weighted by molar-refractivity contribution is 7.92. The number of rotatable bonds is 5. The minimum Gasteiger partial charge on any atom is -0.346 e. The van der Waals surface area contributed by atoms with E-state index < -0.39 is 38.8 Å². The van der Waals surface area contributed by atoms with Gasteiger partial charge < -0.3 is 5.32 Å². The van der Waals surface area contributed by atoms with Crippen LogP contribution in [0.25, 0.3) is 0 Å². The Morgan fingerprint density at radius 2 is 1.59 bits per heavy atom. The molecule has 0 saturated carbocycles. The molecule has 0 aliphatic rings. The molecule has 8 heteroatoms. The molecule has 0 bridgehead atoms.